The van der Waals surface area contributed by atoms with Gasteiger partial charge in [-0.15, -0.1) is 0 Å². The van der Waals surface area contributed by atoms with Crippen molar-refractivity contribution in [2.24, 2.45) is 0 Å². The van der Waals surface area contributed by atoms with Gasteiger partial charge in [0.25, 0.3) is 5.91 Å². The van der Waals surface area contributed by atoms with E-state index in [2.05, 4.69) is 0 Å². The van der Waals surface area contributed by atoms with Gasteiger partial charge in [0, 0.05) is 25.2 Å². The molecule has 1 aliphatic rings. The molecule has 0 fully saturated rings. The number of amides is 1. The van der Waals surface area contributed by atoms with Crippen molar-refractivity contribution < 1.29 is 28.5 Å². The number of rotatable bonds is 10. The third-order valence-corrected chi connectivity index (χ3v) is 5.26. The van der Waals surface area contributed by atoms with E-state index in [1.165, 1.54) is 0 Å². The second-order valence-corrected chi connectivity index (χ2v) is 7.31. The van der Waals surface area contributed by atoms with E-state index in [4.69, 9.17) is 23.7 Å². The molecule has 0 atom stereocenters. The molecule has 0 saturated carbocycles. The summed E-state index contributed by atoms with van der Waals surface area (Å²) in [6.45, 7) is 3.68. The van der Waals surface area contributed by atoms with E-state index in [-0.39, 0.29) is 12.5 Å². The molecule has 0 N–H and O–H groups in total. The topological polar surface area (TPSA) is 66.5 Å². The highest BCUT2D eigenvalue weighted by Gasteiger charge is 2.23. The third-order valence-electron chi connectivity index (χ3n) is 5.26. The van der Waals surface area contributed by atoms with Gasteiger partial charge in [-0.1, -0.05) is 25.1 Å². The zero-order chi connectivity index (χ0) is 22.9. The fourth-order valence-electron chi connectivity index (χ4n) is 3.58. The van der Waals surface area contributed by atoms with Crippen LogP contribution >= 0.6 is 0 Å². The van der Waals surface area contributed by atoms with E-state index in [0.717, 1.165) is 17.6 Å². The van der Waals surface area contributed by atoms with E-state index in [9.17, 15) is 4.79 Å². The second-order valence-electron chi connectivity index (χ2n) is 7.31. The van der Waals surface area contributed by atoms with Crippen molar-refractivity contribution in [2.45, 2.75) is 19.8 Å². The Morgan fingerprint density at radius 3 is 2.12 bits per heavy atom. The predicted molar refractivity (Wildman–Crippen MR) is 123 cm³/mol. The Bertz CT molecular complexity index is 930. The van der Waals surface area contributed by atoms with E-state index >= 15 is 0 Å². The minimum Gasteiger partial charge on any atom is -0.496 e. The first-order chi connectivity index (χ1) is 15.6. The minimum absolute atomic E-state index is 0.0369. The largest absolute Gasteiger partial charge is 0.496 e. The third kappa shape index (κ3) is 5.46. The van der Waals surface area contributed by atoms with Gasteiger partial charge < -0.3 is 28.6 Å². The Kier molecular flexibility index (Phi) is 8.25. The number of carbonyl (C=O) groups excluding carboxylic acids is 1. The van der Waals surface area contributed by atoms with E-state index < -0.39 is 0 Å². The summed E-state index contributed by atoms with van der Waals surface area (Å²) in [5.41, 5.74) is 1.96. The minimum atomic E-state index is -0.0701. The number of methoxy groups -OCH3 is 3. The number of para-hydroxylation sites is 2. The maximum Gasteiger partial charge on any atom is 0.260 e. The number of hydrogen-bond donors (Lipinski definition) is 0. The molecular formula is C25H31NO6. The van der Waals surface area contributed by atoms with Gasteiger partial charge in [0.15, 0.2) is 18.1 Å². The number of ether oxygens (including phenoxy) is 5. The van der Waals surface area contributed by atoms with Crippen LogP contribution in [0.15, 0.2) is 42.5 Å². The molecule has 2 aromatic carbocycles. The summed E-state index contributed by atoms with van der Waals surface area (Å²) < 4.78 is 27.9. The molecule has 172 valence electrons. The second kappa shape index (κ2) is 11.3. The van der Waals surface area contributed by atoms with E-state index in [0.29, 0.717) is 54.9 Å². The first kappa shape index (κ1) is 23.3. The molecule has 7 heteroatoms. The summed E-state index contributed by atoms with van der Waals surface area (Å²) in [7, 11) is 4.85. The van der Waals surface area contributed by atoms with Crippen LogP contribution in [-0.2, 0) is 4.79 Å². The fourth-order valence-corrected chi connectivity index (χ4v) is 3.58. The zero-order valence-electron chi connectivity index (χ0n) is 19.2. The van der Waals surface area contributed by atoms with Crippen molar-refractivity contribution in [2.75, 3.05) is 47.6 Å². The van der Waals surface area contributed by atoms with Crippen LogP contribution in [0.1, 0.15) is 25.3 Å². The Morgan fingerprint density at radius 1 is 0.938 bits per heavy atom. The normalized spacial score (nSPS) is 13.2. The first-order valence-corrected chi connectivity index (χ1v) is 10.7. The molecule has 0 bridgehead atoms. The van der Waals surface area contributed by atoms with Gasteiger partial charge in [-0.3, -0.25) is 4.79 Å². The van der Waals surface area contributed by atoms with Crippen molar-refractivity contribution in [1.29, 1.82) is 0 Å². The highest BCUT2D eigenvalue weighted by molar-refractivity contribution is 5.82. The lowest BCUT2D eigenvalue weighted by Crippen LogP contribution is -2.37. The molecule has 0 aliphatic carbocycles. The van der Waals surface area contributed by atoms with Crippen LogP contribution in [0.4, 0.5) is 0 Å². The summed E-state index contributed by atoms with van der Waals surface area (Å²) in [5, 5.41) is 0. The molecule has 32 heavy (non-hydrogen) atoms. The average Bonchev–Trinajstić information content (AvgIpc) is 2.85. The zero-order valence-corrected chi connectivity index (χ0v) is 19.2. The molecule has 1 aliphatic heterocycles. The summed E-state index contributed by atoms with van der Waals surface area (Å²) in [6, 6.07) is 11.1. The van der Waals surface area contributed by atoms with E-state index in [1.807, 2.05) is 49.4 Å². The van der Waals surface area contributed by atoms with Gasteiger partial charge in [-0.2, -0.15) is 0 Å². The Labute approximate surface area is 189 Å². The van der Waals surface area contributed by atoms with Crippen molar-refractivity contribution in [3.05, 3.63) is 48.0 Å². The molecule has 0 saturated heterocycles. The van der Waals surface area contributed by atoms with Gasteiger partial charge in [0.2, 0.25) is 0 Å². The molecule has 0 aromatic heterocycles. The van der Waals surface area contributed by atoms with Gasteiger partial charge in [0.05, 0.1) is 33.5 Å². The molecule has 3 rings (SSSR count). The quantitative estimate of drug-likeness (QED) is 0.551. The Hall–Kier alpha value is -3.35. The van der Waals surface area contributed by atoms with Crippen LogP contribution in [0, 0.1) is 0 Å². The van der Waals surface area contributed by atoms with Crippen LogP contribution in [0.5, 0.6) is 28.7 Å². The Balaban J connectivity index is 1.67. The van der Waals surface area contributed by atoms with Gasteiger partial charge >= 0.3 is 0 Å². The maximum atomic E-state index is 12.7. The maximum absolute atomic E-state index is 12.7. The van der Waals surface area contributed by atoms with Crippen molar-refractivity contribution in [1.82, 2.24) is 4.90 Å². The monoisotopic (exact) mass is 441 g/mol. The summed E-state index contributed by atoms with van der Waals surface area (Å²) >= 11 is 0. The van der Waals surface area contributed by atoms with Crippen LogP contribution in [0.2, 0.25) is 0 Å². The lowest BCUT2D eigenvalue weighted by atomic mass is 9.97. The highest BCUT2D eigenvalue weighted by atomic mass is 16.5. The lowest BCUT2D eigenvalue weighted by molar-refractivity contribution is -0.132. The van der Waals surface area contributed by atoms with Crippen molar-refractivity contribution in [3.8, 4) is 28.7 Å². The smallest absolute Gasteiger partial charge is 0.260 e. The SMILES string of the molecule is CCCOc1ccccc1OCC(=O)N1CC=C(c2c(OC)cc(OC)cc2OC)CC1. The van der Waals surface area contributed by atoms with Crippen LogP contribution < -0.4 is 23.7 Å². The van der Waals surface area contributed by atoms with Crippen molar-refractivity contribution >= 4 is 11.5 Å². The van der Waals surface area contributed by atoms with Crippen LogP contribution in [-0.4, -0.2) is 58.4 Å². The standard InChI is InChI=1S/C25H31NO6/c1-5-14-31-20-8-6-7-9-21(20)32-17-24(27)26-12-10-18(11-13-26)25-22(29-3)15-19(28-2)16-23(25)30-4/h6-10,15-16H,5,11-14,17H2,1-4H3. The highest BCUT2D eigenvalue weighted by Crippen LogP contribution is 2.40. The molecule has 0 spiro atoms. The molecule has 1 amide bonds. The molecule has 0 unspecified atom stereocenters. The fraction of sp³-hybridized carbons (Fsp3) is 0.400. The van der Waals surface area contributed by atoms with Crippen LogP contribution in [0.3, 0.4) is 0 Å². The van der Waals surface area contributed by atoms with Gasteiger partial charge in [-0.05, 0) is 30.5 Å². The predicted octanol–water partition coefficient (Wildman–Crippen LogP) is 4.20. The average molecular weight is 442 g/mol. The van der Waals surface area contributed by atoms with Crippen LogP contribution in [0.25, 0.3) is 5.57 Å². The number of carbonyl (C=O) groups is 1. The summed E-state index contributed by atoms with van der Waals surface area (Å²) in [6.07, 6.45) is 3.62. The van der Waals surface area contributed by atoms with Crippen molar-refractivity contribution in [3.63, 3.8) is 0 Å². The van der Waals surface area contributed by atoms with Gasteiger partial charge in [0.1, 0.15) is 17.2 Å². The summed E-state index contributed by atoms with van der Waals surface area (Å²) in [5.74, 6) is 3.19. The number of nitrogens with zero attached hydrogens (tertiary/aromatic N) is 1. The van der Waals surface area contributed by atoms with Gasteiger partial charge in [-0.25, -0.2) is 0 Å². The molecule has 2 aromatic rings. The lowest BCUT2D eigenvalue weighted by Gasteiger charge is -2.28. The molecular weight excluding hydrogens is 410 g/mol. The molecule has 7 nitrogen and oxygen atoms in total. The number of benzene rings is 2. The summed E-state index contributed by atoms with van der Waals surface area (Å²) in [4.78, 5) is 14.5. The Morgan fingerprint density at radius 2 is 1.59 bits per heavy atom. The molecule has 1 heterocycles. The van der Waals surface area contributed by atoms with E-state index in [1.54, 1.807) is 26.2 Å². The first-order valence-electron chi connectivity index (χ1n) is 10.7. The number of hydrogen-bond acceptors (Lipinski definition) is 6. The molecule has 0 radical (unpaired) electrons.